The Hall–Kier alpha value is -4.15. The van der Waals surface area contributed by atoms with E-state index < -0.39 is 5.54 Å². The van der Waals surface area contributed by atoms with Gasteiger partial charge >= 0.3 is 0 Å². The Balaban J connectivity index is 1.41. The molecule has 0 spiro atoms. The number of ether oxygens (including phenoxy) is 1. The number of nitrogens with zero attached hydrogens (tertiary/aromatic N) is 3. The van der Waals surface area contributed by atoms with E-state index in [1.54, 1.807) is 53.5 Å². The van der Waals surface area contributed by atoms with Crippen LogP contribution in [0.3, 0.4) is 0 Å². The molecule has 2 aliphatic rings. The Morgan fingerprint density at radius 2 is 1.90 bits per heavy atom. The summed E-state index contributed by atoms with van der Waals surface area (Å²) in [6.07, 6.45) is 6.31. The van der Waals surface area contributed by atoms with Crippen molar-refractivity contribution in [3.8, 4) is 0 Å². The molecule has 1 aromatic heterocycles. The summed E-state index contributed by atoms with van der Waals surface area (Å²) in [5, 5.41) is 20.1. The Bertz CT molecular complexity index is 1510. The van der Waals surface area contributed by atoms with Crippen LogP contribution in [0.4, 0.5) is 5.69 Å². The van der Waals surface area contributed by atoms with Crippen LogP contribution in [-0.4, -0.2) is 52.1 Å². The first-order chi connectivity index (χ1) is 19.6. The number of hydrogen-bond donors (Lipinski definition) is 3. The Morgan fingerprint density at radius 1 is 1.15 bits per heavy atom. The van der Waals surface area contributed by atoms with Gasteiger partial charge in [0.15, 0.2) is 0 Å². The van der Waals surface area contributed by atoms with Gasteiger partial charge in [0.25, 0.3) is 5.91 Å². The van der Waals surface area contributed by atoms with Gasteiger partial charge in [-0.05, 0) is 56.9 Å². The van der Waals surface area contributed by atoms with E-state index in [0.717, 1.165) is 35.5 Å². The summed E-state index contributed by atoms with van der Waals surface area (Å²) in [7, 11) is 0. The molecule has 5 rings (SSSR count). The lowest BCUT2D eigenvalue weighted by Crippen LogP contribution is -2.44. The summed E-state index contributed by atoms with van der Waals surface area (Å²) < 4.78 is 5.64. The van der Waals surface area contributed by atoms with Crippen molar-refractivity contribution >= 4 is 46.7 Å². The number of thiazole rings is 1. The van der Waals surface area contributed by atoms with Crippen LogP contribution >= 0.6 is 11.3 Å². The zero-order valence-electron chi connectivity index (χ0n) is 23.2. The highest BCUT2D eigenvalue weighted by Crippen LogP contribution is 2.35. The molecule has 3 aromatic rings. The number of amides is 2. The molecular formula is C31H34N6O3S. The summed E-state index contributed by atoms with van der Waals surface area (Å²) in [6, 6.07) is 14.4. The van der Waals surface area contributed by atoms with Gasteiger partial charge in [0.1, 0.15) is 10.5 Å². The molecule has 2 amide bonds. The van der Waals surface area contributed by atoms with E-state index in [1.165, 1.54) is 0 Å². The van der Waals surface area contributed by atoms with Crippen LogP contribution in [0, 0.1) is 17.7 Å². The Labute approximate surface area is 243 Å². The van der Waals surface area contributed by atoms with Crippen LogP contribution in [0.25, 0.3) is 6.08 Å². The van der Waals surface area contributed by atoms with Gasteiger partial charge in [-0.25, -0.2) is 4.98 Å². The van der Waals surface area contributed by atoms with Gasteiger partial charge < -0.3 is 20.3 Å². The highest BCUT2D eigenvalue weighted by Gasteiger charge is 2.34. The van der Waals surface area contributed by atoms with Crippen molar-refractivity contribution in [2.24, 2.45) is 5.73 Å². The standard InChI is InChI=1S/C31H34N6O3S/c1-20-19-41-28(35-20)25-10-6-15-37(25)29(39)23-16-22(17-24(18-23)36-14-7-11-26(36)38)27(32)40-30(33)31(2,34)13-12-21-8-4-3-5-9-21/h3-5,8-9,12-13,16-19,25,32-33H,6-7,10-11,14-15,34H2,1-2H3. The molecule has 10 heteroatoms. The third-order valence-electron chi connectivity index (χ3n) is 7.36. The monoisotopic (exact) mass is 570 g/mol. The molecule has 2 unspecified atom stereocenters. The van der Waals surface area contributed by atoms with Crippen LogP contribution in [0.1, 0.15) is 70.8 Å². The second kappa shape index (κ2) is 11.8. The summed E-state index contributed by atoms with van der Waals surface area (Å²) in [4.78, 5) is 34.6. The van der Waals surface area contributed by atoms with Crippen LogP contribution in [-0.2, 0) is 9.53 Å². The molecule has 2 aromatic carbocycles. The zero-order valence-corrected chi connectivity index (χ0v) is 24.0. The fraction of sp³-hybridized carbons (Fsp3) is 0.323. The van der Waals surface area contributed by atoms with Gasteiger partial charge in [-0.3, -0.25) is 20.4 Å². The minimum Gasteiger partial charge on any atom is -0.423 e. The number of nitrogens with two attached hydrogens (primary N) is 1. The number of rotatable bonds is 7. The highest BCUT2D eigenvalue weighted by atomic mass is 32.1. The average Bonchev–Trinajstić information content (AvgIpc) is 3.73. The predicted molar refractivity (Wildman–Crippen MR) is 162 cm³/mol. The molecule has 9 nitrogen and oxygen atoms in total. The summed E-state index contributed by atoms with van der Waals surface area (Å²) in [5.74, 6) is -0.856. The summed E-state index contributed by atoms with van der Waals surface area (Å²) in [5.41, 5.74) is 8.12. The molecule has 2 aliphatic heterocycles. The zero-order chi connectivity index (χ0) is 29.1. The summed E-state index contributed by atoms with van der Waals surface area (Å²) >= 11 is 1.55. The van der Waals surface area contributed by atoms with Crippen molar-refractivity contribution in [2.45, 2.75) is 51.1 Å². The number of likely N-dealkylation sites (tertiary alicyclic amines) is 1. The third-order valence-corrected chi connectivity index (χ3v) is 8.43. The molecule has 41 heavy (non-hydrogen) atoms. The van der Waals surface area contributed by atoms with Gasteiger partial charge in [-0.1, -0.05) is 42.5 Å². The number of hydrogen-bond acceptors (Lipinski definition) is 8. The van der Waals surface area contributed by atoms with Crippen LogP contribution < -0.4 is 10.6 Å². The van der Waals surface area contributed by atoms with E-state index in [0.29, 0.717) is 36.3 Å². The van der Waals surface area contributed by atoms with E-state index in [4.69, 9.17) is 21.3 Å². The molecule has 2 atom stereocenters. The van der Waals surface area contributed by atoms with Gasteiger partial charge in [0.05, 0.1) is 6.04 Å². The van der Waals surface area contributed by atoms with Crippen LogP contribution in [0.2, 0.25) is 0 Å². The van der Waals surface area contributed by atoms with E-state index in [-0.39, 0.29) is 29.7 Å². The number of carbonyl (C=O) groups is 2. The lowest BCUT2D eigenvalue weighted by atomic mass is 10.0. The molecule has 0 aliphatic carbocycles. The fourth-order valence-electron chi connectivity index (χ4n) is 5.08. The lowest BCUT2D eigenvalue weighted by molar-refractivity contribution is -0.117. The molecule has 0 saturated carbocycles. The van der Waals surface area contributed by atoms with Gasteiger partial charge in [-0.15, -0.1) is 11.3 Å². The number of nitrogens with one attached hydrogen (secondary N) is 2. The highest BCUT2D eigenvalue weighted by molar-refractivity contribution is 7.09. The van der Waals surface area contributed by atoms with Gasteiger partial charge in [0.2, 0.25) is 17.7 Å². The SMILES string of the molecule is Cc1csc(C2CCCN2C(=O)c2cc(C(=N)OC(=N)C(C)(N)C=Cc3ccccc3)cc(N3CCCC3=O)c2)n1. The molecule has 212 valence electrons. The summed E-state index contributed by atoms with van der Waals surface area (Å²) in [6.45, 7) is 4.71. The third kappa shape index (κ3) is 6.28. The van der Waals surface area contributed by atoms with Crippen molar-refractivity contribution in [2.75, 3.05) is 18.0 Å². The molecule has 4 N–H and O–H groups in total. The van der Waals surface area contributed by atoms with Crippen LogP contribution in [0.5, 0.6) is 0 Å². The molecule has 2 saturated heterocycles. The van der Waals surface area contributed by atoms with Crippen molar-refractivity contribution in [3.63, 3.8) is 0 Å². The average molecular weight is 571 g/mol. The normalized spacial score (nSPS) is 18.6. The molecule has 2 fully saturated rings. The molecule has 0 radical (unpaired) electrons. The van der Waals surface area contributed by atoms with Crippen molar-refractivity contribution < 1.29 is 14.3 Å². The topological polar surface area (TPSA) is 136 Å². The van der Waals surface area contributed by atoms with E-state index in [9.17, 15) is 9.59 Å². The van der Waals surface area contributed by atoms with Crippen LogP contribution in [0.15, 0.2) is 60.0 Å². The molecular weight excluding hydrogens is 536 g/mol. The van der Waals surface area contributed by atoms with E-state index in [2.05, 4.69) is 4.98 Å². The van der Waals surface area contributed by atoms with E-state index in [1.807, 2.05) is 47.5 Å². The molecule has 0 bridgehead atoms. The fourth-order valence-corrected chi connectivity index (χ4v) is 6.02. The predicted octanol–water partition coefficient (Wildman–Crippen LogP) is 5.31. The number of carbonyl (C=O) groups excluding carboxylic acids is 2. The quantitative estimate of drug-likeness (QED) is 0.261. The minimum atomic E-state index is -1.28. The first-order valence-corrected chi connectivity index (χ1v) is 14.6. The maximum atomic E-state index is 13.9. The maximum Gasteiger partial charge on any atom is 0.254 e. The molecule has 3 heterocycles. The largest absolute Gasteiger partial charge is 0.423 e. The van der Waals surface area contributed by atoms with Crippen molar-refractivity contribution in [1.82, 2.24) is 9.88 Å². The van der Waals surface area contributed by atoms with Gasteiger partial charge in [0, 0.05) is 47.4 Å². The smallest absolute Gasteiger partial charge is 0.254 e. The number of benzene rings is 2. The van der Waals surface area contributed by atoms with Gasteiger partial charge in [-0.2, -0.15) is 0 Å². The maximum absolute atomic E-state index is 13.9. The Kier molecular flexibility index (Phi) is 8.14. The first kappa shape index (κ1) is 28.4. The lowest BCUT2D eigenvalue weighted by Gasteiger charge is -2.25. The number of aromatic nitrogens is 1. The second-order valence-corrected chi connectivity index (χ2v) is 11.6. The second-order valence-electron chi connectivity index (χ2n) is 10.7. The number of anilines is 1. The van der Waals surface area contributed by atoms with E-state index >= 15 is 0 Å². The number of aryl methyl sites for hydroxylation is 1. The first-order valence-electron chi connectivity index (χ1n) is 13.7. The Morgan fingerprint density at radius 3 is 2.59 bits per heavy atom. The van der Waals surface area contributed by atoms with Crippen molar-refractivity contribution in [1.29, 1.82) is 10.8 Å². The minimum absolute atomic E-state index is 0.0290. The van der Waals surface area contributed by atoms with Crippen molar-refractivity contribution in [3.05, 3.63) is 87.4 Å².